The van der Waals surface area contributed by atoms with Crippen molar-refractivity contribution >= 4 is 5.82 Å². The molecule has 2 aromatic heterocycles. The maximum absolute atomic E-state index is 9.08. The average molecular weight is 216 g/mol. The van der Waals surface area contributed by atoms with Gasteiger partial charge in [-0.3, -0.25) is 0 Å². The molecule has 0 fully saturated rings. The second kappa shape index (κ2) is 5.23. The molecule has 0 unspecified atom stereocenters. The van der Waals surface area contributed by atoms with E-state index in [1.165, 1.54) is 0 Å². The summed E-state index contributed by atoms with van der Waals surface area (Å²) < 4.78 is 1.90. The molecule has 4 heteroatoms. The zero-order chi connectivity index (χ0) is 11.2. The highest BCUT2D eigenvalue weighted by Crippen LogP contribution is 2.05. The van der Waals surface area contributed by atoms with Gasteiger partial charge in [0.25, 0.3) is 0 Å². The number of hydrogen-bond acceptors (Lipinski definition) is 3. The molecule has 0 atom stereocenters. The van der Waals surface area contributed by atoms with Crippen LogP contribution in [0.1, 0.15) is 0 Å². The Morgan fingerprint density at radius 3 is 2.56 bits per heavy atom. The van der Waals surface area contributed by atoms with E-state index in [0.717, 1.165) is 5.82 Å². The zero-order valence-corrected chi connectivity index (χ0v) is 8.90. The lowest BCUT2D eigenvalue weighted by Gasteiger charge is -2.14. The van der Waals surface area contributed by atoms with Crippen molar-refractivity contribution < 1.29 is 9.78 Å². The van der Waals surface area contributed by atoms with Gasteiger partial charge in [-0.05, 0) is 12.1 Å². The van der Waals surface area contributed by atoms with E-state index in [1.807, 2.05) is 58.5 Å². The van der Waals surface area contributed by atoms with Crippen LogP contribution in [0.15, 0.2) is 55.0 Å². The van der Waals surface area contributed by atoms with Gasteiger partial charge in [0, 0.05) is 18.3 Å². The van der Waals surface area contributed by atoms with Crippen LogP contribution in [0, 0.1) is 0 Å². The normalized spacial score (nSPS) is 10.1. The van der Waals surface area contributed by atoms with Crippen molar-refractivity contribution in [1.82, 2.24) is 4.98 Å². The quantitative estimate of drug-likeness (QED) is 0.762. The number of nitrogens with zero attached hydrogens (tertiary/aromatic N) is 3. The van der Waals surface area contributed by atoms with Gasteiger partial charge >= 0.3 is 0 Å². The molecule has 2 heterocycles. The number of hydrogen-bond donors (Lipinski definition) is 1. The van der Waals surface area contributed by atoms with E-state index in [2.05, 4.69) is 4.98 Å². The van der Waals surface area contributed by atoms with Crippen LogP contribution in [0.25, 0.3) is 0 Å². The third-order valence-electron chi connectivity index (χ3n) is 2.20. The van der Waals surface area contributed by atoms with E-state index in [4.69, 9.17) is 5.11 Å². The van der Waals surface area contributed by atoms with Crippen molar-refractivity contribution in [3.05, 3.63) is 55.0 Å². The van der Waals surface area contributed by atoms with Gasteiger partial charge in [0.15, 0.2) is 18.2 Å². The zero-order valence-electron chi connectivity index (χ0n) is 8.90. The predicted molar refractivity (Wildman–Crippen MR) is 60.7 cm³/mol. The van der Waals surface area contributed by atoms with Gasteiger partial charge in [-0.15, -0.1) is 5.01 Å². The van der Waals surface area contributed by atoms with Gasteiger partial charge in [0.05, 0.1) is 6.61 Å². The molecule has 0 bridgehead atoms. The standard InChI is InChI=1S/C12H14N3O/c16-11-10-15(12-6-2-3-7-13-12)14-8-4-1-5-9-14/h1-9,16H,10-11H2/q+1. The molecule has 1 N–H and O–H groups in total. The third kappa shape index (κ3) is 2.35. The molecule has 4 nitrogen and oxygen atoms in total. The minimum atomic E-state index is 0.0818. The Labute approximate surface area is 94.4 Å². The molecular weight excluding hydrogens is 202 g/mol. The second-order valence-corrected chi connectivity index (χ2v) is 3.29. The summed E-state index contributed by atoms with van der Waals surface area (Å²) in [6.45, 7) is 0.587. The van der Waals surface area contributed by atoms with Gasteiger partial charge < -0.3 is 5.11 Å². The first-order chi connectivity index (χ1) is 7.92. The summed E-state index contributed by atoms with van der Waals surface area (Å²) in [5.74, 6) is 0.813. The molecule has 0 saturated heterocycles. The monoisotopic (exact) mass is 216 g/mol. The first-order valence-corrected chi connectivity index (χ1v) is 5.18. The van der Waals surface area contributed by atoms with Gasteiger partial charge in [0.2, 0.25) is 0 Å². The molecule has 2 rings (SSSR count). The minimum absolute atomic E-state index is 0.0818. The van der Waals surface area contributed by atoms with E-state index in [-0.39, 0.29) is 6.61 Å². The highest BCUT2D eigenvalue weighted by atomic mass is 16.3. The van der Waals surface area contributed by atoms with Crippen LogP contribution in [-0.4, -0.2) is 23.2 Å². The van der Waals surface area contributed by atoms with E-state index in [1.54, 1.807) is 6.20 Å². The third-order valence-corrected chi connectivity index (χ3v) is 2.20. The summed E-state index contributed by atoms with van der Waals surface area (Å²) in [5.41, 5.74) is 0. The Morgan fingerprint density at radius 2 is 1.94 bits per heavy atom. The SMILES string of the molecule is OCCN(c1ccccn1)[n+]1ccccc1. The van der Waals surface area contributed by atoms with Crippen molar-refractivity contribution in [2.45, 2.75) is 0 Å². The summed E-state index contributed by atoms with van der Waals surface area (Å²) >= 11 is 0. The predicted octanol–water partition coefficient (Wildman–Crippen LogP) is 0.631. The van der Waals surface area contributed by atoms with Crippen molar-refractivity contribution in [2.75, 3.05) is 18.2 Å². The average Bonchev–Trinajstić information content (AvgIpc) is 2.38. The van der Waals surface area contributed by atoms with E-state index >= 15 is 0 Å². The molecule has 82 valence electrons. The number of aliphatic hydroxyl groups excluding tert-OH is 1. The van der Waals surface area contributed by atoms with E-state index < -0.39 is 0 Å². The molecular formula is C12H14N3O+. The summed E-state index contributed by atoms with van der Waals surface area (Å²) in [5, 5.41) is 11.0. The Hall–Kier alpha value is -1.94. The number of anilines is 1. The second-order valence-electron chi connectivity index (χ2n) is 3.29. The first-order valence-electron chi connectivity index (χ1n) is 5.18. The molecule has 0 radical (unpaired) electrons. The fourth-order valence-electron chi connectivity index (χ4n) is 1.50. The molecule has 0 saturated carbocycles. The molecule has 0 spiro atoms. The number of pyridine rings is 2. The first kappa shape index (κ1) is 10.6. The van der Waals surface area contributed by atoms with Crippen molar-refractivity contribution in [3.63, 3.8) is 0 Å². The minimum Gasteiger partial charge on any atom is -0.394 e. The summed E-state index contributed by atoms with van der Waals surface area (Å²) in [4.78, 5) is 4.27. The van der Waals surface area contributed by atoms with Crippen LogP contribution in [-0.2, 0) is 0 Å². The number of aromatic nitrogens is 2. The Kier molecular flexibility index (Phi) is 3.46. The van der Waals surface area contributed by atoms with Crippen LogP contribution in [0.5, 0.6) is 0 Å². The molecule has 2 aromatic rings. The van der Waals surface area contributed by atoms with Crippen molar-refractivity contribution in [2.24, 2.45) is 0 Å². The van der Waals surface area contributed by atoms with Crippen LogP contribution >= 0.6 is 0 Å². The summed E-state index contributed by atoms with van der Waals surface area (Å²) in [7, 11) is 0. The van der Waals surface area contributed by atoms with Gasteiger partial charge in [-0.1, -0.05) is 16.8 Å². The Bertz CT molecular complexity index is 379. The molecule has 0 aromatic carbocycles. The van der Waals surface area contributed by atoms with Gasteiger partial charge in [-0.2, -0.15) is 0 Å². The van der Waals surface area contributed by atoms with Crippen molar-refractivity contribution in [3.8, 4) is 0 Å². The highest BCUT2D eigenvalue weighted by molar-refractivity contribution is 5.33. The lowest BCUT2D eigenvalue weighted by Crippen LogP contribution is -2.55. The smallest absolute Gasteiger partial charge is 0.200 e. The number of aliphatic hydroxyl groups is 1. The fourth-order valence-corrected chi connectivity index (χ4v) is 1.50. The molecule has 0 aliphatic rings. The van der Waals surface area contributed by atoms with Crippen LogP contribution in [0.2, 0.25) is 0 Å². The molecule has 16 heavy (non-hydrogen) atoms. The number of rotatable bonds is 4. The van der Waals surface area contributed by atoms with Gasteiger partial charge in [0.1, 0.15) is 6.54 Å². The van der Waals surface area contributed by atoms with Crippen LogP contribution in [0.3, 0.4) is 0 Å². The van der Waals surface area contributed by atoms with Crippen LogP contribution < -0.4 is 9.69 Å². The maximum Gasteiger partial charge on any atom is 0.200 e. The lowest BCUT2D eigenvalue weighted by molar-refractivity contribution is -0.684. The van der Waals surface area contributed by atoms with Crippen LogP contribution in [0.4, 0.5) is 5.82 Å². The Balaban J connectivity index is 2.31. The summed E-state index contributed by atoms with van der Waals surface area (Å²) in [6.07, 6.45) is 5.58. The maximum atomic E-state index is 9.08. The molecule has 0 aliphatic heterocycles. The topological polar surface area (TPSA) is 40.2 Å². The van der Waals surface area contributed by atoms with E-state index in [0.29, 0.717) is 6.54 Å². The lowest BCUT2D eigenvalue weighted by atomic mass is 10.4. The Morgan fingerprint density at radius 1 is 1.12 bits per heavy atom. The summed E-state index contributed by atoms with van der Waals surface area (Å²) in [6, 6.07) is 11.5. The van der Waals surface area contributed by atoms with Gasteiger partial charge in [-0.25, -0.2) is 4.98 Å². The van der Waals surface area contributed by atoms with Crippen molar-refractivity contribution in [1.29, 1.82) is 0 Å². The fraction of sp³-hybridized carbons (Fsp3) is 0.167. The van der Waals surface area contributed by atoms with E-state index in [9.17, 15) is 0 Å². The highest BCUT2D eigenvalue weighted by Gasteiger charge is 2.15. The molecule has 0 aliphatic carbocycles. The molecule has 0 amide bonds. The largest absolute Gasteiger partial charge is 0.394 e.